The minimum Gasteiger partial charge on any atom is -0.361 e. The zero-order valence-electron chi connectivity index (χ0n) is 15.1. The number of nitrogens with zero attached hydrogens (tertiary/aromatic N) is 2. The maximum absolute atomic E-state index is 12.3. The highest BCUT2D eigenvalue weighted by Gasteiger charge is 2.37. The summed E-state index contributed by atoms with van der Waals surface area (Å²) in [5, 5.41) is 6.33. The number of benzene rings is 1. The van der Waals surface area contributed by atoms with Crippen molar-refractivity contribution in [1.29, 1.82) is 0 Å². The lowest BCUT2D eigenvalue weighted by Gasteiger charge is -2.37. The molecule has 1 aromatic carbocycles. The predicted molar refractivity (Wildman–Crippen MR) is 96.7 cm³/mol. The molecule has 0 saturated carbocycles. The molecule has 0 unspecified atom stereocenters. The third kappa shape index (κ3) is 4.19. The fourth-order valence-corrected chi connectivity index (χ4v) is 3.64. The van der Waals surface area contributed by atoms with E-state index >= 15 is 0 Å². The van der Waals surface area contributed by atoms with Crippen molar-refractivity contribution < 1.29 is 27.3 Å². The smallest absolute Gasteiger partial charge is 0.276 e. The number of amides is 3. The molecule has 28 heavy (non-hydrogen) atoms. The van der Waals surface area contributed by atoms with Crippen molar-refractivity contribution in [3.05, 3.63) is 41.8 Å². The molecule has 11 heteroatoms. The third-order valence-electron chi connectivity index (χ3n) is 4.10. The van der Waals surface area contributed by atoms with Gasteiger partial charge in [-0.2, -0.15) is 0 Å². The number of aromatic nitrogens is 1. The zero-order chi connectivity index (χ0) is 20.5. The molecular weight excluding hydrogens is 388 g/mol. The van der Waals surface area contributed by atoms with Gasteiger partial charge in [-0.1, -0.05) is 5.16 Å². The van der Waals surface area contributed by atoms with Crippen molar-refractivity contribution >= 4 is 33.4 Å². The molecule has 148 valence electrons. The van der Waals surface area contributed by atoms with E-state index in [4.69, 9.17) is 4.52 Å². The first-order chi connectivity index (χ1) is 13.2. The highest BCUT2D eigenvalue weighted by atomic mass is 32.2. The Kier molecular flexibility index (Phi) is 5.18. The Morgan fingerprint density at radius 3 is 2.36 bits per heavy atom. The standard InChI is InChI=1S/C17H18N4O6S/c1-10-7-15(19-27-10)17(24)21-8-12(9-21)16(23)18-13-3-5-14(6-4-13)28(25,26)20-11(2)22/h3-7,12H,8-9H2,1-2H3,(H,18,23)(H,20,22). The number of hydrogen-bond donors (Lipinski definition) is 2. The lowest BCUT2D eigenvalue weighted by Crippen LogP contribution is -2.54. The first-order valence-electron chi connectivity index (χ1n) is 8.32. The van der Waals surface area contributed by atoms with Gasteiger partial charge in [-0.15, -0.1) is 0 Å². The van der Waals surface area contributed by atoms with Crippen molar-refractivity contribution in [1.82, 2.24) is 14.8 Å². The van der Waals surface area contributed by atoms with E-state index in [1.165, 1.54) is 35.2 Å². The van der Waals surface area contributed by atoms with Crippen LogP contribution in [0, 0.1) is 12.8 Å². The van der Waals surface area contributed by atoms with E-state index < -0.39 is 15.9 Å². The second-order valence-corrected chi connectivity index (χ2v) is 8.09. The zero-order valence-corrected chi connectivity index (χ0v) is 15.9. The second kappa shape index (κ2) is 7.43. The molecule has 0 bridgehead atoms. The molecule has 1 aliphatic rings. The molecule has 0 atom stereocenters. The summed E-state index contributed by atoms with van der Waals surface area (Å²) < 4.78 is 30.5. The Morgan fingerprint density at radius 1 is 1.18 bits per heavy atom. The summed E-state index contributed by atoms with van der Waals surface area (Å²) in [6, 6.07) is 6.94. The molecule has 2 heterocycles. The summed E-state index contributed by atoms with van der Waals surface area (Å²) in [6.07, 6.45) is 0. The largest absolute Gasteiger partial charge is 0.361 e. The summed E-state index contributed by atoms with van der Waals surface area (Å²) in [4.78, 5) is 36.8. The molecular formula is C17H18N4O6S. The number of sulfonamides is 1. The molecule has 3 amide bonds. The SMILES string of the molecule is CC(=O)NS(=O)(=O)c1ccc(NC(=O)C2CN(C(=O)c3cc(C)on3)C2)cc1. The first kappa shape index (κ1) is 19.5. The second-order valence-electron chi connectivity index (χ2n) is 6.41. The van der Waals surface area contributed by atoms with E-state index in [1.54, 1.807) is 6.92 Å². The topological polar surface area (TPSA) is 139 Å². The van der Waals surface area contributed by atoms with E-state index in [1.807, 2.05) is 4.72 Å². The third-order valence-corrected chi connectivity index (χ3v) is 5.55. The summed E-state index contributed by atoms with van der Waals surface area (Å²) in [5.41, 5.74) is 0.607. The maximum atomic E-state index is 12.3. The van der Waals surface area contributed by atoms with Crippen LogP contribution in [0.4, 0.5) is 5.69 Å². The highest BCUT2D eigenvalue weighted by molar-refractivity contribution is 7.90. The van der Waals surface area contributed by atoms with Gasteiger partial charge >= 0.3 is 0 Å². The number of carbonyl (C=O) groups excluding carboxylic acids is 3. The number of anilines is 1. The lowest BCUT2D eigenvalue weighted by molar-refractivity contribution is -0.123. The predicted octanol–water partition coefficient (Wildman–Crippen LogP) is 0.519. The maximum Gasteiger partial charge on any atom is 0.276 e. The first-order valence-corrected chi connectivity index (χ1v) is 9.81. The number of carbonyl (C=O) groups is 3. The molecule has 1 aromatic heterocycles. The Morgan fingerprint density at radius 2 is 1.82 bits per heavy atom. The summed E-state index contributed by atoms with van der Waals surface area (Å²) in [5.74, 6) is -1.12. The van der Waals surface area contributed by atoms with Gasteiger partial charge in [0.1, 0.15) is 5.76 Å². The number of nitrogens with one attached hydrogen (secondary N) is 2. The number of hydrogen-bond acceptors (Lipinski definition) is 7. The van der Waals surface area contributed by atoms with Crippen LogP contribution in [-0.4, -0.2) is 49.3 Å². The number of likely N-dealkylation sites (tertiary alicyclic amines) is 1. The Balaban J connectivity index is 1.55. The molecule has 2 aromatic rings. The van der Waals surface area contributed by atoms with Gasteiger partial charge in [-0.05, 0) is 31.2 Å². The molecule has 0 spiro atoms. The van der Waals surface area contributed by atoms with E-state index in [-0.39, 0.29) is 41.4 Å². The van der Waals surface area contributed by atoms with Gasteiger partial charge < -0.3 is 14.7 Å². The van der Waals surface area contributed by atoms with Crippen LogP contribution < -0.4 is 10.0 Å². The quantitative estimate of drug-likeness (QED) is 0.738. The van der Waals surface area contributed by atoms with Gasteiger partial charge in [0.05, 0.1) is 10.8 Å². The van der Waals surface area contributed by atoms with Crippen LogP contribution in [0.1, 0.15) is 23.2 Å². The molecule has 3 rings (SSSR count). The van der Waals surface area contributed by atoms with Gasteiger partial charge in [0, 0.05) is 31.8 Å². The van der Waals surface area contributed by atoms with Crippen molar-refractivity contribution in [2.24, 2.45) is 5.92 Å². The van der Waals surface area contributed by atoms with Gasteiger partial charge in [-0.25, -0.2) is 13.1 Å². The molecule has 1 saturated heterocycles. The van der Waals surface area contributed by atoms with E-state index in [0.29, 0.717) is 11.4 Å². The van der Waals surface area contributed by atoms with Gasteiger partial charge in [0.15, 0.2) is 5.69 Å². The molecule has 1 fully saturated rings. The van der Waals surface area contributed by atoms with Crippen LogP contribution in [0.3, 0.4) is 0 Å². The highest BCUT2D eigenvalue weighted by Crippen LogP contribution is 2.21. The Hall–Kier alpha value is -3.21. The summed E-state index contributed by atoms with van der Waals surface area (Å²) in [6.45, 7) is 3.29. The number of rotatable bonds is 5. The summed E-state index contributed by atoms with van der Waals surface area (Å²) in [7, 11) is -3.93. The summed E-state index contributed by atoms with van der Waals surface area (Å²) >= 11 is 0. The van der Waals surface area contributed by atoms with Crippen LogP contribution in [0.5, 0.6) is 0 Å². The van der Waals surface area contributed by atoms with E-state index in [0.717, 1.165) is 6.92 Å². The normalized spacial score (nSPS) is 14.3. The fraction of sp³-hybridized carbons (Fsp3) is 0.294. The fourth-order valence-electron chi connectivity index (χ4n) is 2.65. The van der Waals surface area contributed by atoms with Crippen LogP contribution in [-0.2, 0) is 19.6 Å². The van der Waals surface area contributed by atoms with Crippen LogP contribution >= 0.6 is 0 Å². The van der Waals surface area contributed by atoms with Crippen LogP contribution in [0.15, 0.2) is 39.8 Å². The Bertz CT molecular complexity index is 1020. The van der Waals surface area contributed by atoms with Crippen molar-refractivity contribution in [3.8, 4) is 0 Å². The van der Waals surface area contributed by atoms with Crippen LogP contribution in [0.2, 0.25) is 0 Å². The van der Waals surface area contributed by atoms with Gasteiger partial charge in [-0.3, -0.25) is 14.4 Å². The molecule has 10 nitrogen and oxygen atoms in total. The molecule has 0 aliphatic carbocycles. The monoisotopic (exact) mass is 406 g/mol. The molecule has 0 radical (unpaired) electrons. The molecule has 1 aliphatic heterocycles. The Labute approximate surface area is 160 Å². The lowest BCUT2D eigenvalue weighted by atomic mass is 9.98. The minimum absolute atomic E-state index is 0.0935. The average Bonchev–Trinajstić information content (AvgIpc) is 2.99. The van der Waals surface area contributed by atoms with Gasteiger partial charge in [0.25, 0.3) is 15.9 Å². The van der Waals surface area contributed by atoms with E-state index in [9.17, 15) is 22.8 Å². The minimum atomic E-state index is -3.93. The van der Waals surface area contributed by atoms with Crippen molar-refractivity contribution in [3.63, 3.8) is 0 Å². The van der Waals surface area contributed by atoms with Gasteiger partial charge in [0.2, 0.25) is 11.8 Å². The van der Waals surface area contributed by atoms with Crippen molar-refractivity contribution in [2.45, 2.75) is 18.7 Å². The number of aryl methyl sites for hydroxylation is 1. The van der Waals surface area contributed by atoms with Crippen LogP contribution in [0.25, 0.3) is 0 Å². The average molecular weight is 406 g/mol. The van der Waals surface area contributed by atoms with Crippen molar-refractivity contribution in [2.75, 3.05) is 18.4 Å². The molecule has 2 N–H and O–H groups in total. The van der Waals surface area contributed by atoms with E-state index in [2.05, 4.69) is 10.5 Å².